The maximum atomic E-state index is 12.3. The highest BCUT2D eigenvalue weighted by atomic mass is 16.6. The van der Waals surface area contributed by atoms with Crippen LogP contribution in [0, 0.1) is 0 Å². The van der Waals surface area contributed by atoms with Crippen LogP contribution in [0.3, 0.4) is 0 Å². The van der Waals surface area contributed by atoms with Crippen molar-refractivity contribution >= 4 is 5.91 Å². The lowest BCUT2D eigenvalue weighted by Gasteiger charge is -2.25. The molecule has 1 atom stereocenters. The third-order valence-electron chi connectivity index (χ3n) is 3.70. The number of fused-ring (bicyclic) bond motifs is 1. The van der Waals surface area contributed by atoms with Gasteiger partial charge in [-0.2, -0.15) is 5.10 Å². The average Bonchev–Trinajstić information content (AvgIpc) is 3.15. The quantitative estimate of drug-likeness (QED) is 0.744. The number of carbonyl (C=O) groups is 1. The minimum atomic E-state index is -0.697. The molecule has 4 rings (SSSR count). The summed E-state index contributed by atoms with van der Waals surface area (Å²) in [4.78, 5) is 20.6. The number of amides is 1. The van der Waals surface area contributed by atoms with Crippen LogP contribution in [0.25, 0.3) is 11.4 Å². The van der Waals surface area contributed by atoms with Crippen LogP contribution in [0.1, 0.15) is 5.82 Å². The molecule has 2 aromatic heterocycles. The van der Waals surface area contributed by atoms with Crippen molar-refractivity contribution in [1.82, 2.24) is 25.5 Å². The predicted octanol–water partition coefficient (Wildman–Crippen LogP) is 1.32. The minimum Gasteiger partial charge on any atom is -0.485 e. The highest BCUT2D eigenvalue weighted by Crippen LogP contribution is 2.30. The Labute approximate surface area is 143 Å². The molecule has 1 aromatic carbocycles. The van der Waals surface area contributed by atoms with E-state index in [1.165, 1.54) is 0 Å². The van der Waals surface area contributed by atoms with Crippen LogP contribution in [0.5, 0.6) is 11.5 Å². The Morgan fingerprint density at radius 1 is 1.20 bits per heavy atom. The zero-order valence-electron chi connectivity index (χ0n) is 13.2. The first-order valence-electron chi connectivity index (χ1n) is 7.77. The molecule has 1 unspecified atom stereocenters. The van der Waals surface area contributed by atoms with Gasteiger partial charge in [0.1, 0.15) is 12.4 Å². The highest BCUT2D eigenvalue weighted by Gasteiger charge is 2.27. The van der Waals surface area contributed by atoms with Gasteiger partial charge in [0.2, 0.25) is 6.10 Å². The van der Waals surface area contributed by atoms with Gasteiger partial charge in [-0.3, -0.25) is 14.9 Å². The van der Waals surface area contributed by atoms with Crippen molar-refractivity contribution in [2.24, 2.45) is 0 Å². The molecule has 3 aromatic rings. The van der Waals surface area contributed by atoms with Crippen molar-refractivity contribution in [1.29, 1.82) is 0 Å². The van der Waals surface area contributed by atoms with E-state index in [1.807, 2.05) is 24.3 Å². The van der Waals surface area contributed by atoms with E-state index in [4.69, 9.17) is 9.47 Å². The number of H-pyrrole nitrogens is 1. The van der Waals surface area contributed by atoms with Crippen molar-refractivity contribution in [2.75, 3.05) is 6.61 Å². The molecule has 3 heterocycles. The number of benzene rings is 1. The number of nitrogens with one attached hydrogen (secondary N) is 2. The van der Waals surface area contributed by atoms with Crippen LogP contribution in [-0.2, 0) is 11.3 Å². The normalized spacial score (nSPS) is 15.6. The maximum absolute atomic E-state index is 12.3. The van der Waals surface area contributed by atoms with Crippen LogP contribution >= 0.6 is 0 Å². The number of nitrogens with zero attached hydrogens (tertiary/aromatic N) is 3. The Hall–Kier alpha value is -3.42. The molecule has 126 valence electrons. The number of aromatic nitrogens is 4. The number of hydrogen-bond acceptors (Lipinski definition) is 6. The second-order valence-corrected chi connectivity index (χ2v) is 5.42. The molecule has 2 N–H and O–H groups in total. The molecule has 0 aliphatic carbocycles. The smallest absolute Gasteiger partial charge is 0.265 e. The van der Waals surface area contributed by atoms with Gasteiger partial charge in [0.25, 0.3) is 5.91 Å². The molecule has 1 amide bonds. The second-order valence-electron chi connectivity index (χ2n) is 5.42. The van der Waals surface area contributed by atoms with Gasteiger partial charge in [-0.05, 0) is 24.3 Å². The minimum absolute atomic E-state index is 0.168. The lowest BCUT2D eigenvalue weighted by Crippen LogP contribution is -2.43. The number of aromatic amines is 1. The summed E-state index contributed by atoms with van der Waals surface area (Å²) in [5.41, 5.74) is 0.851. The number of para-hydroxylation sites is 2. The summed E-state index contributed by atoms with van der Waals surface area (Å²) in [7, 11) is 0. The zero-order valence-corrected chi connectivity index (χ0v) is 13.2. The maximum Gasteiger partial charge on any atom is 0.265 e. The van der Waals surface area contributed by atoms with Crippen molar-refractivity contribution < 1.29 is 14.3 Å². The first-order valence-corrected chi connectivity index (χ1v) is 7.77. The summed E-state index contributed by atoms with van der Waals surface area (Å²) >= 11 is 0. The van der Waals surface area contributed by atoms with E-state index in [1.54, 1.807) is 24.5 Å². The van der Waals surface area contributed by atoms with Crippen molar-refractivity contribution in [3.63, 3.8) is 0 Å². The fourth-order valence-corrected chi connectivity index (χ4v) is 2.44. The number of carbonyl (C=O) groups excluding carboxylic acids is 1. The monoisotopic (exact) mass is 337 g/mol. The van der Waals surface area contributed by atoms with Crippen LogP contribution in [-0.4, -0.2) is 38.8 Å². The molecule has 1 aliphatic rings. The Balaban J connectivity index is 1.36. The zero-order chi connectivity index (χ0) is 17.1. The number of ether oxygens (including phenoxy) is 2. The van der Waals surface area contributed by atoms with Gasteiger partial charge in [0.15, 0.2) is 17.3 Å². The summed E-state index contributed by atoms with van der Waals surface area (Å²) in [6.45, 7) is 0.389. The fourth-order valence-electron chi connectivity index (χ4n) is 2.44. The molecule has 25 heavy (non-hydrogen) atoms. The van der Waals surface area contributed by atoms with E-state index in [2.05, 4.69) is 25.5 Å². The molecule has 0 radical (unpaired) electrons. The average molecular weight is 337 g/mol. The van der Waals surface area contributed by atoms with Crippen molar-refractivity contribution in [3.8, 4) is 22.9 Å². The van der Waals surface area contributed by atoms with Crippen molar-refractivity contribution in [2.45, 2.75) is 12.6 Å². The summed E-state index contributed by atoms with van der Waals surface area (Å²) in [6.07, 6.45) is 2.65. The fraction of sp³-hybridized carbons (Fsp3) is 0.176. The Kier molecular flexibility index (Phi) is 3.99. The Morgan fingerprint density at radius 3 is 2.84 bits per heavy atom. The SMILES string of the molecule is O=C(NCc1nc(-c2ccncc2)n[nH]1)C1COc2ccccc2O1. The van der Waals surface area contributed by atoms with Gasteiger partial charge in [0.05, 0.1) is 6.54 Å². The first-order chi connectivity index (χ1) is 12.3. The van der Waals surface area contributed by atoms with E-state index in [9.17, 15) is 4.79 Å². The van der Waals surface area contributed by atoms with E-state index in [0.717, 1.165) is 5.56 Å². The third-order valence-corrected chi connectivity index (χ3v) is 3.70. The topological polar surface area (TPSA) is 102 Å². The summed E-state index contributed by atoms with van der Waals surface area (Å²) in [6, 6.07) is 10.9. The molecule has 8 nitrogen and oxygen atoms in total. The number of pyridine rings is 1. The van der Waals surface area contributed by atoms with E-state index in [0.29, 0.717) is 23.1 Å². The molecule has 0 fully saturated rings. The molecular formula is C17H15N5O3. The molecule has 0 bridgehead atoms. The molecule has 0 saturated heterocycles. The van der Waals surface area contributed by atoms with Crippen LogP contribution in [0.4, 0.5) is 0 Å². The third kappa shape index (κ3) is 3.27. The lowest BCUT2D eigenvalue weighted by molar-refractivity contribution is -0.130. The standard InChI is InChI=1S/C17H15N5O3/c23-17(14-10-24-12-3-1-2-4-13(12)25-14)19-9-15-20-16(22-21-15)11-5-7-18-8-6-11/h1-8,14H,9-10H2,(H,19,23)(H,20,21,22). The van der Waals surface area contributed by atoms with Crippen LogP contribution in [0.2, 0.25) is 0 Å². The van der Waals surface area contributed by atoms with Gasteiger partial charge in [0, 0.05) is 18.0 Å². The highest BCUT2D eigenvalue weighted by molar-refractivity contribution is 5.81. The van der Waals surface area contributed by atoms with Gasteiger partial charge in [-0.15, -0.1) is 0 Å². The van der Waals surface area contributed by atoms with Gasteiger partial charge in [-0.1, -0.05) is 12.1 Å². The second kappa shape index (κ2) is 6.60. The van der Waals surface area contributed by atoms with Crippen LogP contribution in [0.15, 0.2) is 48.8 Å². The summed E-state index contributed by atoms with van der Waals surface area (Å²) < 4.78 is 11.2. The summed E-state index contributed by atoms with van der Waals surface area (Å²) in [5, 5.41) is 9.72. The predicted molar refractivity (Wildman–Crippen MR) is 87.8 cm³/mol. The number of rotatable bonds is 4. The van der Waals surface area contributed by atoms with Crippen molar-refractivity contribution in [3.05, 3.63) is 54.6 Å². The van der Waals surface area contributed by atoms with E-state index >= 15 is 0 Å². The van der Waals surface area contributed by atoms with Crippen LogP contribution < -0.4 is 14.8 Å². The van der Waals surface area contributed by atoms with Gasteiger partial charge in [-0.25, -0.2) is 4.98 Å². The Morgan fingerprint density at radius 2 is 2.00 bits per heavy atom. The first kappa shape index (κ1) is 15.1. The number of hydrogen-bond donors (Lipinski definition) is 2. The molecule has 0 saturated carbocycles. The molecule has 1 aliphatic heterocycles. The summed E-state index contributed by atoms with van der Waals surface area (Å²) in [5.74, 6) is 2.05. The van der Waals surface area contributed by atoms with Gasteiger partial charge < -0.3 is 14.8 Å². The largest absolute Gasteiger partial charge is 0.485 e. The molecule has 8 heteroatoms. The molecule has 0 spiro atoms. The van der Waals surface area contributed by atoms with E-state index in [-0.39, 0.29) is 19.1 Å². The van der Waals surface area contributed by atoms with Gasteiger partial charge >= 0.3 is 0 Å². The van der Waals surface area contributed by atoms with E-state index < -0.39 is 6.10 Å². The molecular weight excluding hydrogens is 322 g/mol. The Bertz CT molecular complexity index is 881. The lowest BCUT2D eigenvalue weighted by atomic mass is 10.2.